The van der Waals surface area contributed by atoms with Gasteiger partial charge in [0.1, 0.15) is 0 Å². The summed E-state index contributed by atoms with van der Waals surface area (Å²) in [6, 6.07) is 0. The van der Waals surface area contributed by atoms with E-state index in [2.05, 4.69) is 4.74 Å². The first-order chi connectivity index (χ1) is 5.12. The van der Waals surface area contributed by atoms with Gasteiger partial charge in [0.25, 0.3) is 0 Å². The van der Waals surface area contributed by atoms with Crippen LogP contribution < -0.4 is 0 Å². The van der Waals surface area contributed by atoms with Gasteiger partial charge in [0.2, 0.25) is 0 Å². The predicted octanol–water partition coefficient (Wildman–Crippen LogP) is 3.20. The van der Waals surface area contributed by atoms with Crippen LogP contribution in [0.3, 0.4) is 0 Å². The maximum atomic E-state index is 12.4. The maximum Gasteiger partial charge on any atom is 0.355 e. The molecule has 0 atom stereocenters. The van der Waals surface area contributed by atoms with Gasteiger partial charge in [-0.1, -0.05) is 26.7 Å². The molecule has 0 fully saturated rings. The summed E-state index contributed by atoms with van der Waals surface area (Å²) in [5.41, 5.74) is 0. The molecule has 0 aliphatic heterocycles. The topological polar surface area (TPSA) is 9.23 Å². The molecule has 0 rings (SSSR count). The summed E-state index contributed by atoms with van der Waals surface area (Å²) in [7, 11) is 0. The Balaban J connectivity index is 3.23. The molecule has 0 radical (unpaired) electrons. The van der Waals surface area contributed by atoms with Gasteiger partial charge in [0.15, 0.2) is 0 Å². The van der Waals surface area contributed by atoms with Crippen molar-refractivity contribution in [2.24, 2.45) is 0 Å². The Morgan fingerprint density at radius 3 is 2.27 bits per heavy atom. The summed E-state index contributed by atoms with van der Waals surface area (Å²) in [5, 5.41) is 0. The van der Waals surface area contributed by atoms with Crippen LogP contribution in [-0.4, -0.2) is 12.7 Å². The van der Waals surface area contributed by atoms with Gasteiger partial charge in [-0.25, -0.2) is 0 Å². The van der Waals surface area contributed by atoms with Gasteiger partial charge < -0.3 is 4.74 Å². The molecule has 0 bridgehead atoms. The molecule has 0 amide bonds. The van der Waals surface area contributed by atoms with Gasteiger partial charge in [-0.3, -0.25) is 0 Å². The standard InChI is InChI=1S/C8H16F2O/c1-3-5-6-7-11-8(9,10)4-2/h3-7H2,1-2H3. The van der Waals surface area contributed by atoms with Crippen LogP contribution in [-0.2, 0) is 4.74 Å². The molecule has 3 heteroatoms. The van der Waals surface area contributed by atoms with E-state index < -0.39 is 6.11 Å². The van der Waals surface area contributed by atoms with Gasteiger partial charge in [-0.05, 0) is 6.42 Å². The number of hydrogen-bond acceptors (Lipinski definition) is 1. The van der Waals surface area contributed by atoms with E-state index in [1.54, 1.807) is 0 Å². The Kier molecular flexibility index (Phi) is 5.38. The molecule has 0 aromatic carbocycles. The molecule has 0 saturated heterocycles. The van der Waals surface area contributed by atoms with E-state index >= 15 is 0 Å². The first-order valence-electron chi connectivity index (χ1n) is 4.14. The normalized spacial score (nSPS) is 12.0. The van der Waals surface area contributed by atoms with E-state index in [-0.39, 0.29) is 13.0 Å². The number of rotatable bonds is 6. The lowest BCUT2D eigenvalue weighted by Gasteiger charge is -2.13. The van der Waals surface area contributed by atoms with Crippen molar-refractivity contribution in [3.63, 3.8) is 0 Å². The molecular weight excluding hydrogens is 150 g/mol. The monoisotopic (exact) mass is 166 g/mol. The van der Waals surface area contributed by atoms with E-state index in [0.29, 0.717) is 0 Å². The summed E-state index contributed by atoms with van der Waals surface area (Å²) in [5.74, 6) is 0. The average molecular weight is 166 g/mol. The van der Waals surface area contributed by atoms with Gasteiger partial charge >= 0.3 is 6.11 Å². The highest BCUT2D eigenvalue weighted by atomic mass is 19.3. The number of alkyl halides is 2. The second kappa shape index (κ2) is 5.47. The molecule has 0 spiro atoms. The lowest BCUT2D eigenvalue weighted by molar-refractivity contribution is -0.239. The van der Waals surface area contributed by atoms with Gasteiger partial charge in [-0.2, -0.15) is 8.78 Å². The van der Waals surface area contributed by atoms with Crippen LogP contribution in [0.4, 0.5) is 8.78 Å². The first kappa shape index (κ1) is 10.8. The van der Waals surface area contributed by atoms with Gasteiger partial charge in [0.05, 0.1) is 6.61 Å². The summed E-state index contributed by atoms with van der Waals surface area (Å²) < 4.78 is 29.1. The first-order valence-corrected chi connectivity index (χ1v) is 4.14. The Bertz CT molecular complexity index is 94.1. The highest BCUT2D eigenvalue weighted by Gasteiger charge is 2.26. The molecule has 0 aromatic rings. The van der Waals surface area contributed by atoms with Crippen LogP contribution in [0.5, 0.6) is 0 Å². The van der Waals surface area contributed by atoms with E-state index in [1.165, 1.54) is 6.92 Å². The molecule has 0 heterocycles. The summed E-state index contributed by atoms with van der Waals surface area (Å²) in [6.45, 7) is 3.62. The fourth-order valence-corrected chi connectivity index (χ4v) is 0.676. The molecule has 0 aliphatic carbocycles. The molecule has 0 N–H and O–H groups in total. The minimum absolute atomic E-state index is 0.175. The molecule has 0 saturated carbocycles. The van der Waals surface area contributed by atoms with Crippen LogP contribution >= 0.6 is 0 Å². The minimum Gasteiger partial charge on any atom is -0.321 e. The fraction of sp³-hybridized carbons (Fsp3) is 1.00. The van der Waals surface area contributed by atoms with E-state index in [1.807, 2.05) is 6.92 Å². The lowest BCUT2D eigenvalue weighted by Crippen LogP contribution is -2.19. The quantitative estimate of drug-likeness (QED) is 0.550. The lowest BCUT2D eigenvalue weighted by atomic mass is 10.3. The zero-order valence-electron chi connectivity index (χ0n) is 7.20. The SMILES string of the molecule is CCCCCOC(F)(F)CC. The van der Waals surface area contributed by atoms with E-state index in [4.69, 9.17) is 0 Å². The van der Waals surface area contributed by atoms with Crippen molar-refractivity contribution in [2.45, 2.75) is 45.6 Å². The maximum absolute atomic E-state index is 12.4. The molecular formula is C8H16F2O. The Morgan fingerprint density at radius 1 is 1.18 bits per heavy atom. The second-order valence-corrected chi connectivity index (χ2v) is 2.55. The van der Waals surface area contributed by atoms with Crippen molar-refractivity contribution in [3.8, 4) is 0 Å². The van der Waals surface area contributed by atoms with Crippen molar-refractivity contribution in [1.82, 2.24) is 0 Å². The van der Waals surface area contributed by atoms with Crippen molar-refractivity contribution in [1.29, 1.82) is 0 Å². The van der Waals surface area contributed by atoms with Crippen LogP contribution in [0.25, 0.3) is 0 Å². The van der Waals surface area contributed by atoms with Crippen molar-refractivity contribution in [3.05, 3.63) is 0 Å². The highest BCUT2D eigenvalue weighted by molar-refractivity contribution is 4.47. The molecule has 0 aromatic heterocycles. The largest absolute Gasteiger partial charge is 0.355 e. The van der Waals surface area contributed by atoms with Gasteiger partial charge in [0, 0.05) is 6.42 Å². The number of halogens is 2. The number of ether oxygens (including phenoxy) is 1. The van der Waals surface area contributed by atoms with E-state index in [9.17, 15) is 8.78 Å². The molecule has 1 nitrogen and oxygen atoms in total. The van der Waals surface area contributed by atoms with Crippen molar-refractivity contribution >= 4 is 0 Å². The van der Waals surface area contributed by atoms with E-state index in [0.717, 1.165) is 19.3 Å². The third-order valence-electron chi connectivity index (χ3n) is 1.47. The third-order valence-corrected chi connectivity index (χ3v) is 1.47. The predicted molar refractivity (Wildman–Crippen MR) is 40.7 cm³/mol. The Labute approximate surface area is 66.7 Å². The minimum atomic E-state index is -2.91. The number of hydrogen-bond donors (Lipinski definition) is 0. The highest BCUT2D eigenvalue weighted by Crippen LogP contribution is 2.19. The zero-order chi connectivity index (χ0) is 8.74. The third kappa shape index (κ3) is 6.23. The molecule has 0 aliphatic rings. The fourth-order valence-electron chi connectivity index (χ4n) is 0.676. The second-order valence-electron chi connectivity index (χ2n) is 2.55. The van der Waals surface area contributed by atoms with Crippen molar-refractivity contribution in [2.75, 3.05) is 6.61 Å². The number of unbranched alkanes of at least 4 members (excludes halogenated alkanes) is 2. The summed E-state index contributed by atoms with van der Waals surface area (Å²) in [4.78, 5) is 0. The summed E-state index contributed by atoms with van der Waals surface area (Å²) in [6.07, 6.45) is -0.431. The van der Waals surface area contributed by atoms with Crippen LogP contribution in [0.15, 0.2) is 0 Å². The summed E-state index contributed by atoms with van der Waals surface area (Å²) >= 11 is 0. The molecule has 68 valence electrons. The Hall–Kier alpha value is -0.180. The molecule has 11 heavy (non-hydrogen) atoms. The van der Waals surface area contributed by atoms with Gasteiger partial charge in [-0.15, -0.1) is 0 Å². The van der Waals surface area contributed by atoms with Crippen LogP contribution in [0.2, 0.25) is 0 Å². The van der Waals surface area contributed by atoms with Crippen LogP contribution in [0, 0.1) is 0 Å². The van der Waals surface area contributed by atoms with Crippen molar-refractivity contribution < 1.29 is 13.5 Å². The van der Waals surface area contributed by atoms with Crippen LogP contribution in [0.1, 0.15) is 39.5 Å². The zero-order valence-corrected chi connectivity index (χ0v) is 7.20. The average Bonchev–Trinajstić information content (AvgIpc) is 1.99. The Morgan fingerprint density at radius 2 is 1.82 bits per heavy atom. The smallest absolute Gasteiger partial charge is 0.321 e. The molecule has 0 unspecified atom stereocenters.